The molecule has 0 aromatic rings. The van der Waals surface area contributed by atoms with Gasteiger partial charge in [-0.25, -0.2) is 0 Å². The zero-order chi connectivity index (χ0) is 25.2. The van der Waals surface area contributed by atoms with Crippen LogP contribution in [0, 0.1) is 0 Å². The van der Waals surface area contributed by atoms with Crippen LogP contribution >= 0.6 is 0 Å². The molecule has 0 aromatic carbocycles. The van der Waals surface area contributed by atoms with Crippen molar-refractivity contribution in [2.24, 2.45) is 0 Å². The van der Waals surface area contributed by atoms with Crippen LogP contribution in [-0.2, 0) is 0 Å². The fraction of sp³-hybridized carbons (Fsp3) is 1.00. The monoisotopic (exact) mass is 456 g/mol. The molecule has 3 aliphatic heterocycles. The summed E-state index contributed by atoms with van der Waals surface area (Å²) in [5.41, 5.74) is 0. The van der Waals surface area contributed by atoms with E-state index in [0.717, 1.165) is 0 Å². The molecule has 194 valence electrons. The topological polar surface area (TPSA) is 19.4 Å². The minimum Gasteiger partial charge on any atom is -0.303 e. The predicted molar refractivity (Wildman–Crippen MR) is 144 cm³/mol. The second-order valence-corrected chi connectivity index (χ2v) is 10.8. The third-order valence-corrected chi connectivity index (χ3v) is 7.63. The standard InChI is InChI=1S/3C8H18N2.C2H6/c3*1-7-5-9(3)6-8(2)10(7)4;1-2/h3*7-8H,5-6H2,1-4H3;1-2H3/t2*7-,8+;7-,8-;/m..0./s1. The SMILES string of the molecule is CC.C[C@@H]1CN(C)C[C@H](C)N1C.C[C@@H]1CN(C)C[C@H](C)N1C.C[C@H]1CN(C)C[C@H](C)N1C. The van der Waals surface area contributed by atoms with Crippen molar-refractivity contribution >= 4 is 0 Å². The van der Waals surface area contributed by atoms with E-state index in [1.165, 1.54) is 39.3 Å². The normalized spacial score (nSPS) is 36.2. The van der Waals surface area contributed by atoms with Crippen molar-refractivity contribution in [1.82, 2.24) is 29.4 Å². The maximum absolute atomic E-state index is 2.44. The molecule has 0 bridgehead atoms. The summed E-state index contributed by atoms with van der Waals surface area (Å²) in [7, 11) is 13.2. The van der Waals surface area contributed by atoms with Gasteiger partial charge in [-0.3, -0.25) is 14.7 Å². The molecule has 0 saturated carbocycles. The molecule has 0 spiro atoms. The highest BCUT2D eigenvalue weighted by molar-refractivity contribution is 4.82. The van der Waals surface area contributed by atoms with Gasteiger partial charge in [0, 0.05) is 75.5 Å². The second kappa shape index (κ2) is 15.6. The summed E-state index contributed by atoms with van der Waals surface area (Å²) < 4.78 is 0. The lowest BCUT2D eigenvalue weighted by atomic mass is 10.1. The highest BCUT2D eigenvalue weighted by Crippen LogP contribution is 2.12. The number of piperazine rings is 3. The Morgan fingerprint density at radius 2 is 0.469 bits per heavy atom. The fourth-order valence-corrected chi connectivity index (χ4v) is 5.01. The Kier molecular flexibility index (Phi) is 15.5. The number of rotatable bonds is 0. The van der Waals surface area contributed by atoms with Gasteiger partial charge < -0.3 is 14.7 Å². The molecule has 32 heavy (non-hydrogen) atoms. The van der Waals surface area contributed by atoms with E-state index in [4.69, 9.17) is 0 Å². The zero-order valence-electron chi connectivity index (χ0n) is 24.4. The highest BCUT2D eigenvalue weighted by Gasteiger charge is 2.25. The van der Waals surface area contributed by atoms with Crippen molar-refractivity contribution in [3.63, 3.8) is 0 Å². The Morgan fingerprint density at radius 1 is 0.344 bits per heavy atom. The summed E-state index contributed by atoms with van der Waals surface area (Å²) >= 11 is 0. The first-order valence-electron chi connectivity index (χ1n) is 13.0. The average molecular weight is 457 g/mol. The van der Waals surface area contributed by atoms with E-state index in [1.807, 2.05) is 13.8 Å². The van der Waals surface area contributed by atoms with Crippen LogP contribution in [0.3, 0.4) is 0 Å². The summed E-state index contributed by atoms with van der Waals surface area (Å²) in [6, 6.07) is 4.30. The summed E-state index contributed by atoms with van der Waals surface area (Å²) in [4.78, 5) is 14.5. The van der Waals surface area contributed by atoms with Gasteiger partial charge in [-0.05, 0) is 83.8 Å². The molecule has 0 amide bonds. The Labute approximate surface area is 202 Å². The number of hydrogen-bond donors (Lipinski definition) is 0. The van der Waals surface area contributed by atoms with Crippen molar-refractivity contribution in [2.45, 2.75) is 91.6 Å². The van der Waals surface area contributed by atoms with Gasteiger partial charge in [0.25, 0.3) is 0 Å². The number of hydrogen-bond acceptors (Lipinski definition) is 6. The predicted octanol–water partition coefficient (Wildman–Crippen LogP) is 2.95. The Balaban J connectivity index is 0.000000433. The Hall–Kier alpha value is -0.240. The first kappa shape index (κ1) is 31.8. The molecular formula is C26H60N6. The maximum Gasteiger partial charge on any atom is 0.0195 e. The average Bonchev–Trinajstić information content (AvgIpc) is 2.70. The van der Waals surface area contributed by atoms with E-state index in [-0.39, 0.29) is 0 Å². The van der Waals surface area contributed by atoms with E-state index in [9.17, 15) is 0 Å². The first-order valence-corrected chi connectivity index (χ1v) is 13.0. The number of likely N-dealkylation sites (N-methyl/N-ethyl adjacent to an activating group) is 6. The molecular weight excluding hydrogens is 396 g/mol. The minimum atomic E-state index is 0.716. The van der Waals surface area contributed by atoms with E-state index >= 15 is 0 Å². The fourth-order valence-electron chi connectivity index (χ4n) is 5.01. The molecule has 0 N–H and O–H groups in total. The van der Waals surface area contributed by atoms with Gasteiger partial charge in [0.1, 0.15) is 0 Å². The lowest BCUT2D eigenvalue weighted by molar-refractivity contribution is 0.0761. The van der Waals surface area contributed by atoms with Crippen LogP contribution in [0.25, 0.3) is 0 Å². The lowest BCUT2D eigenvalue weighted by Crippen LogP contribution is -2.53. The zero-order valence-corrected chi connectivity index (χ0v) is 24.4. The summed E-state index contributed by atoms with van der Waals surface area (Å²) in [6.07, 6.45) is 0. The van der Waals surface area contributed by atoms with Crippen molar-refractivity contribution < 1.29 is 0 Å². The van der Waals surface area contributed by atoms with Gasteiger partial charge in [-0.2, -0.15) is 0 Å². The molecule has 6 atom stereocenters. The third kappa shape index (κ3) is 10.8. The van der Waals surface area contributed by atoms with Crippen LogP contribution in [0.5, 0.6) is 0 Å². The minimum absolute atomic E-state index is 0.716. The molecule has 0 unspecified atom stereocenters. The Bertz CT molecular complexity index is 373. The maximum atomic E-state index is 2.44. The van der Waals surface area contributed by atoms with Crippen molar-refractivity contribution in [1.29, 1.82) is 0 Å². The van der Waals surface area contributed by atoms with Crippen LogP contribution in [0.4, 0.5) is 0 Å². The summed E-state index contributed by atoms with van der Waals surface area (Å²) in [5.74, 6) is 0. The molecule has 3 aliphatic rings. The molecule has 0 radical (unpaired) electrons. The molecule has 3 fully saturated rings. The Morgan fingerprint density at radius 3 is 0.594 bits per heavy atom. The van der Waals surface area contributed by atoms with Crippen molar-refractivity contribution in [2.75, 3.05) is 81.6 Å². The van der Waals surface area contributed by atoms with Crippen molar-refractivity contribution in [3.8, 4) is 0 Å². The lowest BCUT2D eigenvalue weighted by Gasteiger charge is -2.40. The second-order valence-electron chi connectivity index (χ2n) is 10.8. The van der Waals surface area contributed by atoms with Gasteiger partial charge >= 0.3 is 0 Å². The van der Waals surface area contributed by atoms with Gasteiger partial charge in [0.05, 0.1) is 0 Å². The van der Waals surface area contributed by atoms with Gasteiger partial charge in [0.15, 0.2) is 0 Å². The smallest absolute Gasteiger partial charge is 0.0195 e. The molecule has 3 rings (SSSR count). The largest absolute Gasteiger partial charge is 0.303 e. The van der Waals surface area contributed by atoms with Crippen LogP contribution in [0.1, 0.15) is 55.4 Å². The first-order chi connectivity index (χ1) is 14.8. The summed E-state index contributed by atoms with van der Waals surface area (Å²) in [6.45, 7) is 25.0. The van der Waals surface area contributed by atoms with Gasteiger partial charge in [-0.15, -0.1) is 0 Å². The van der Waals surface area contributed by atoms with Crippen LogP contribution in [0.2, 0.25) is 0 Å². The van der Waals surface area contributed by atoms with Crippen molar-refractivity contribution in [3.05, 3.63) is 0 Å². The van der Waals surface area contributed by atoms with E-state index < -0.39 is 0 Å². The molecule has 6 heteroatoms. The van der Waals surface area contributed by atoms with E-state index in [1.54, 1.807) is 0 Å². The van der Waals surface area contributed by atoms with Gasteiger partial charge in [0.2, 0.25) is 0 Å². The molecule has 3 saturated heterocycles. The summed E-state index contributed by atoms with van der Waals surface area (Å²) in [5, 5.41) is 0. The highest BCUT2D eigenvalue weighted by atomic mass is 15.3. The van der Waals surface area contributed by atoms with Crippen LogP contribution in [0.15, 0.2) is 0 Å². The van der Waals surface area contributed by atoms with Crippen LogP contribution < -0.4 is 0 Å². The molecule has 6 nitrogen and oxygen atoms in total. The van der Waals surface area contributed by atoms with E-state index in [2.05, 4.69) is 113 Å². The van der Waals surface area contributed by atoms with E-state index in [0.29, 0.717) is 36.3 Å². The van der Waals surface area contributed by atoms with Crippen LogP contribution in [-0.4, -0.2) is 147 Å². The van der Waals surface area contributed by atoms with Gasteiger partial charge in [-0.1, -0.05) is 13.8 Å². The number of nitrogens with zero attached hydrogens (tertiary/aromatic N) is 6. The molecule has 0 aliphatic carbocycles. The quantitative estimate of drug-likeness (QED) is 0.554. The molecule has 0 aromatic heterocycles. The third-order valence-electron chi connectivity index (χ3n) is 7.63. The molecule has 3 heterocycles.